The minimum atomic E-state index is -0.248. The van der Waals surface area contributed by atoms with Crippen molar-refractivity contribution in [3.63, 3.8) is 0 Å². The van der Waals surface area contributed by atoms with Crippen molar-refractivity contribution >= 4 is 22.7 Å². The molecule has 0 spiro atoms. The molecule has 8 nitrogen and oxygen atoms in total. The highest BCUT2D eigenvalue weighted by atomic mass is 16.5. The fourth-order valence-electron chi connectivity index (χ4n) is 4.56. The van der Waals surface area contributed by atoms with Gasteiger partial charge in [0.05, 0.1) is 33.4 Å². The number of rotatable bonds is 8. The average Bonchev–Trinajstić information content (AvgIpc) is 2.87. The maximum Gasteiger partial charge on any atom is 0.323 e. The van der Waals surface area contributed by atoms with Crippen molar-refractivity contribution in [3.8, 4) is 11.5 Å². The Balaban J connectivity index is 1.64. The predicted octanol–water partition coefficient (Wildman–Crippen LogP) is 3.81. The Morgan fingerprint density at radius 3 is 2.62 bits per heavy atom. The van der Waals surface area contributed by atoms with E-state index in [9.17, 15) is 4.79 Å². The topological polar surface area (TPSA) is 77.0 Å². The molecule has 0 amide bonds. The van der Waals surface area contributed by atoms with Crippen molar-refractivity contribution in [2.45, 2.75) is 38.4 Å². The number of para-hydroxylation sites is 1. The smallest absolute Gasteiger partial charge is 0.323 e. The number of hydrogen-bond donors (Lipinski definition) is 0. The first kappa shape index (κ1) is 23.8. The quantitative estimate of drug-likeness (QED) is 0.466. The molecule has 1 fully saturated rings. The normalized spacial score (nSPS) is 16.3. The maximum absolute atomic E-state index is 12.3. The second kappa shape index (κ2) is 10.7. The molecule has 2 aromatic carbocycles. The lowest BCUT2D eigenvalue weighted by Crippen LogP contribution is -2.45. The minimum Gasteiger partial charge on any atom is -0.493 e. The van der Waals surface area contributed by atoms with E-state index in [4.69, 9.17) is 24.2 Å². The van der Waals surface area contributed by atoms with Crippen molar-refractivity contribution < 1.29 is 19.0 Å². The number of benzene rings is 2. The van der Waals surface area contributed by atoms with Crippen molar-refractivity contribution in [1.82, 2.24) is 14.9 Å². The van der Waals surface area contributed by atoms with Crippen LogP contribution in [0.5, 0.6) is 11.5 Å². The summed E-state index contributed by atoms with van der Waals surface area (Å²) in [6.45, 7) is 1.96. The highest BCUT2D eigenvalue weighted by Gasteiger charge is 2.30. The first-order valence-electron chi connectivity index (χ1n) is 11.5. The molecule has 1 atom stereocenters. The van der Waals surface area contributed by atoms with Crippen LogP contribution in [0.3, 0.4) is 0 Å². The molecule has 1 aliphatic heterocycles. The van der Waals surface area contributed by atoms with E-state index < -0.39 is 0 Å². The number of carbonyl (C=O) groups is 1. The van der Waals surface area contributed by atoms with Crippen LogP contribution in [0.1, 0.15) is 30.7 Å². The zero-order valence-electron chi connectivity index (χ0n) is 20.3. The van der Waals surface area contributed by atoms with Crippen LogP contribution in [0.2, 0.25) is 0 Å². The maximum atomic E-state index is 12.3. The van der Waals surface area contributed by atoms with E-state index in [2.05, 4.69) is 9.80 Å². The number of methoxy groups -OCH3 is 3. The summed E-state index contributed by atoms with van der Waals surface area (Å²) in [6, 6.07) is 13.7. The summed E-state index contributed by atoms with van der Waals surface area (Å²) in [7, 11) is 6.74. The molecule has 1 aliphatic rings. The number of carbonyl (C=O) groups excluding carboxylic acids is 1. The number of fused-ring (bicyclic) bond motifs is 1. The van der Waals surface area contributed by atoms with Gasteiger partial charge in [-0.05, 0) is 49.2 Å². The molecule has 0 bridgehead atoms. The van der Waals surface area contributed by atoms with E-state index in [-0.39, 0.29) is 12.0 Å². The highest BCUT2D eigenvalue weighted by molar-refractivity contribution is 5.89. The van der Waals surface area contributed by atoms with E-state index in [1.54, 1.807) is 14.2 Å². The third kappa shape index (κ3) is 5.07. The number of ether oxygens (including phenoxy) is 3. The van der Waals surface area contributed by atoms with Gasteiger partial charge in [-0.3, -0.25) is 9.69 Å². The van der Waals surface area contributed by atoms with E-state index in [0.717, 1.165) is 48.1 Å². The van der Waals surface area contributed by atoms with Crippen LogP contribution >= 0.6 is 0 Å². The van der Waals surface area contributed by atoms with Gasteiger partial charge < -0.3 is 19.1 Å². The van der Waals surface area contributed by atoms with Crippen molar-refractivity contribution in [1.29, 1.82) is 0 Å². The summed E-state index contributed by atoms with van der Waals surface area (Å²) in [5.74, 6) is 2.75. The van der Waals surface area contributed by atoms with Crippen LogP contribution in [0.25, 0.3) is 10.9 Å². The van der Waals surface area contributed by atoms with Crippen molar-refractivity contribution in [2.24, 2.45) is 0 Å². The minimum absolute atomic E-state index is 0.189. The fraction of sp³-hybridized carbons (Fsp3) is 0.423. The summed E-state index contributed by atoms with van der Waals surface area (Å²) in [5.41, 5.74) is 1.96. The van der Waals surface area contributed by atoms with Gasteiger partial charge in [0.2, 0.25) is 0 Å². The van der Waals surface area contributed by atoms with Crippen LogP contribution in [0.4, 0.5) is 5.82 Å². The van der Waals surface area contributed by atoms with Crippen molar-refractivity contribution in [3.05, 3.63) is 53.9 Å². The number of nitrogens with zero attached hydrogens (tertiary/aromatic N) is 4. The van der Waals surface area contributed by atoms with Crippen LogP contribution < -0.4 is 14.4 Å². The third-order valence-electron chi connectivity index (χ3n) is 6.29. The van der Waals surface area contributed by atoms with Crippen LogP contribution in [-0.2, 0) is 22.6 Å². The van der Waals surface area contributed by atoms with E-state index in [0.29, 0.717) is 30.4 Å². The van der Waals surface area contributed by atoms with Gasteiger partial charge in [-0.1, -0.05) is 24.6 Å². The predicted molar refractivity (Wildman–Crippen MR) is 131 cm³/mol. The first-order valence-corrected chi connectivity index (χ1v) is 11.5. The lowest BCUT2D eigenvalue weighted by molar-refractivity contribution is -0.148. The molecule has 0 radical (unpaired) electrons. The number of piperidine rings is 1. The molecule has 0 N–H and O–H groups in total. The second-order valence-corrected chi connectivity index (χ2v) is 8.53. The molecule has 1 aromatic heterocycles. The molecule has 34 heavy (non-hydrogen) atoms. The lowest BCUT2D eigenvalue weighted by atomic mass is 10.0. The fourth-order valence-corrected chi connectivity index (χ4v) is 4.56. The van der Waals surface area contributed by atoms with Gasteiger partial charge in [-0.25, -0.2) is 9.97 Å². The van der Waals surface area contributed by atoms with E-state index in [1.165, 1.54) is 7.11 Å². The summed E-state index contributed by atoms with van der Waals surface area (Å²) in [5, 5.41) is 0.984. The lowest BCUT2D eigenvalue weighted by Gasteiger charge is -2.33. The van der Waals surface area contributed by atoms with Crippen molar-refractivity contribution in [2.75, 3.05) is 39.8 Å². The molecule has 180 valence electrons. The van der Waals surface area contributed by atoms with Crippen LogP contribution in [0, 0.1) is 0 Å². The molecule has 4 rings (SSSR count). The van der Waals surface area contributed by atoms with Gasteiger partial charge in [0.15, 0.2) is 11.5 Å². The first-order chi connectivity index (χ1) is 16.5. The molecule has 2 heterocycles. The number of hydrogen-bond acceptors (Lipinski definition) is 8. The van der Waals surface area contributed by atoms with Crippen LogP contribution in [-0.4, -0.2) is 61.8 Å². The Kier molecular flexibility index (Phi) is 7.47. The molecule has 1 saturated heterocycles. The standard InChI is InChI=1S/C26H32N4O4/c1-29(16-18-12-13-22(32-2)23(15-18)33-3)25-19-9-5-6-10-20(19)27-24(28-25)17-30-14-8-7-11-21(30)26(31)34-4/h5-6,9-10,12-13,15,21H,7-8,11,14,16-17H2,1-4H3. The summed E-state index contributed by atoms with van der Waals surface area (Å²) in [4.78, 5) is 26.3. The molecule has 3 aromatic rings. The Bertz CT molecular complexity index is 1150. The van der Waals surface area contributed by atoms with Gasteiger partial charge in [0, 0.05) is 19.0 Å². The molecule has 8 heteroatoms. The van der Waals surface area contributed by atoms with E-state index in [1.807, 2.05) is 49.5 Å². The van der Waals surface area contributed by atoms with Gasteiger partial charge >= 0.3 is 5.97 Å². The Hall–Kier alpha value is -3.39. The number of likely N-dealkylation sites (tertiary alicyclic amines) is 1. The Morgan fingerprint density at radius 2 is 1.85 bits per heavy atom. The molecular formula is C26H32N4O4. The SMILES string of the molecule is COC(=O)C1CCCCN1Cc1nc(N(C)Cc2ccc(OC)c(OC)c2)c2ccccc2n1. The Labute approximate surface area is 200 Å². The summed E-state index contributed by atoms with van der Waals surface area (Å²) >= 11 is 0. The third-order valence-corrected chi connectivity index (χ3v) is 6.29. The van der Waals surface area contributed by atoms with Gasteiger partial charge in [0.1, 0.15) is 17.7 Å². The number of aromatic nitrogens is 2. The highest BCUT2D eigenvalue weighted by Crippen LogP contribution is 2.30. The van der Waals surface area contributed by atoms with E-state index >= 15 is 0 Å². The summed E-state index contributed by atoms with van der Waals surface area (Å²) < 4.78 is 15.9. The largest absolute Gasteiger partial charge is 0.493 e. The zero-order valence-corrected chi connectivity index (χ0v) is 20.3. The average molecular weight is 465 g/mol. The summed E-state index contributed by atoms with van der Waals surface area (Å²) in [6.07, 6.45) is 2.87. The second-order valence-electron chi connectivity index (χ2n) is 8.53. The Morgan fingerprint density at radius 1 is 1.06 bits per heavy atom. The number of anilines is 1. The van der Waals surface area contributed by atoms with Crippen LogP contribution in [0.15, 0.2) is 42.5 Å². The molecule has 0 saturated carbocycles. The molecular weight excluding hydrogens is 432 g/mol. The van der Waals surface area contributed by atoms with Gasteiger partial charge in [0.25, 0.3) is 0 Å². The van der Waals surface area contributed by atoms with Gasteiger partial charge in [-0.15, -0.1) is 0 Å². The molecule has 0 aliphatic carbocycles. The zero-order chi connectivity index (χ0) is 24.1. The van der Waals surface area contributed by atoms with Gasteiger partial charge in [-0.2, -0.15) is 0 Å². The number of esters is 1. The monoisotopic (exact) mass is 464 g/mol. The molecule has 1 unspecified atom stereocenters.